The predicted molar refractivity (Wildman–Crippen MR) is 174 cm³/mol. The molecule has 4 aromatic rings. The molecule has 0 aromatic heterocycles. The van der Waals surface area contributed by atoms with Crippen molar-refractivity contribution in [2.45, 2.75) is 50.2 Å². The van der Waals surface area contributed by atoms with Gasteiger partial charge in [0, 0.05) is 23.5 Å². The second kappa shape index (κ2) is 15.1. The lowest BCUT2D eigenvalue weighted by molar-refractivity contribution is -0.140. The van der Waals surface area contributed by atoms with Crippen LogP contribution in [0, 0.1) is 5.82 Å². The third-order valence-corrected chi connectivity index (χ3v) is 9.58. The van der Waals surface area contributed by atoms with E-state index in [9.17, 15) is 22.4 Å². The Morgan fingerprint density at radius 3 is 2.02 bits per heavy atom. The molecule has 1 N–H and O–H groups in total. The summed E-state index contributed by atoms with van der Waals surface area (Å²) in [7, 11) is -4.25. The van der Waals surface area contributed by atoms with E-state index in [0.29, 0.717) is 6.42 Å². The molecule has 7 nitrogen and oxygen atoms in total. The minimum absolute atomic E-state index is 0.0214. The average molecular weight is 681 g/mol. The zero-order valence-electron chi connectivity index (χ0n) is 24.6. The van der Waals surface area contributed by atoms with Crippen molar-refractivity contribution < 1.29 is 22.4 Å². The second-order valence-electron chi connectivity index (χ2n) is 10.5. The molecule has 0 radical (unpaired) electrons. The molecular formula is C34H35BrFN3O4S. The summed E-state index contributed by atoms with van der Waals surface area (Å²) < 4.78 is 43.5. The van der Waals surface area contributed by atoms with Crippen molar-refractivity contribution in [3.8, 4) is 0 Å². The van der Waals surface area contributed by atoms with E-state index in [4.69, 9.17) is 0 Å². The van der Waals surface area contributed by atoms with Gasteiger partial charge < -0.3 is 10.2 Å². The van der Waals surface area contributed by atoms with Crippen molar-refractivity contribution in [3.63, 3.8) is 0 Å². The van der Waals surface area contributed by atoms with Crippen LogP contribution in [0.4, 0.5) is 10.1 Å². The molecule has 0 saturated carbocycles. The lowest BCUT2D eigenvalue weighted by Crippen LogP contribution is -2.54. The Balaban J connectivity index is 1.79. The van der Waals surface area contributed by atoms with Crippen molar-refractivity contribution in [1.82, 2.24) is 10.2 Å². The van der Waals surface area contributed by atoms with E-state index in [0.717, 1.165) is 32.0 Å². The highest BCUT2D eigenvalue weighted by Crippen LogP contribution is 2.25. The van der Waals surface area contributed by atoms with Gasteiger partial charge in [0.2, 0.25) is 11.8 Å². The molecule has 0 saturated heterocycles. The fraction of sp³-hybridized carbons (Fsp3) is 0.235. The Bertz CT molecular complexity index is 1640. The third-order valence-electron chi connectivity index (χ3n) is 7.26. The molecule has 10 heteroatoms. The third kappa shape index (κ3) is 8.54. The Morgan fingerprint density at radius 1 is 0.841 bits per heavy atom. The van der Waals surface area contributed by atoms with E-state index in [2.05, 4.69) is 21.2 Å². The summed E-state index contributed by atoms with van der Waals surface area (Å²) in [5.41, 5.74) is 1.73. The summed E-state index contributed by atoms with van der Waals surface area (Å²) in [5, 5.41) is 3.01. The number of hydrogen-bond donors (Lipinski definition) is 1. The van der Waals surface area contributed by atoms with E-state index in [1.54, 1.807) is 18.2 Å². The lowest BCUT2D eigenvalue weighted by Gasteiger charge is -2.34. The van der Waals surface area contributed by atoms with Crippen LogP contribution in [0.5, 0.6) is 0 Å². The molecule has 4 rings (SSSR count). The Kier molecular flexibility index (Phi) is 11.3. The first kappa shape index (κ1) is 32.9. The SMILES string of the molecule is CC[C@@H](C)NC(=O)[C@H](Cc1ccccc1)N(Cc1ccc(Br)cc1)C(=O)CN(c1ccc(F)cc1)S(=O)(=O)c1ccccc1. The minimum atomic E-state index is -4.25. The average Bonchev–Trinajstić information content (AvgIpc) is 3.03. The Morgan fingerprint density at radius 2 is 1.43 bits per heavy atom. The van der Waals surface area contributed by atoms with Crippen LogP contribution in [0.15, 0.2) is 119 Å². The van der Waals surface area contributed by atoms with E-state index < -0.39 is 34.3 Å². The van der Waals surface area contributed by atoms with Gasteiger partial charge in [-0.15, -0.1) is 0 Å². The summed E-state index contributed by atoms with van der Waals surface area (Å²) in [4.78, 5) is 29.6. The molecular weight excluding hydrogens is 645 g/mol. The van der Waals surface area contributed by atoms with Crippen molar-refractivity contribution in [2.75, 3.05) is 10.8 Å². The molecule has 0 heterocycles. The first-order valence-corrected chi connectivity index (χ1v) is 16.5. The normalized spacial score (nSPS) is 12.6. The number of anilines is 1. The number of amides is 2. The number of hydrogen-bond acceptors (Lipinski definition) is 4. The highest BCUT2D eigenvalue weighted by molar-refractivity contribution is 9.10. The van der Waals surface area contributed by atoms with Crippen LogP contribution in [0.25, 0.3) is 0 Å². The Labute approximate surface area is 266 Å². The van der Waals surface area contributed by atoms with Crippen molar-refractivity contribution in [3.05, 3.63) is 131 Å². The molecule has 4 aromatic carbocycles. The molecule has 0 aliphatic heterocycles. The maximum Gasteiger partial charge on any atom is 0.264 e. The Hall–Kier alpha value is -4.02. The standard InChI is InChI=1S/C34H35BrFN3O4S/c1-3-25(2)37-34(41)32(22-26-10-6-4-7-11-26)38(23-27-14-16-28(35)17-15-27)33(40)24-39(30-20-18-29(36)19-21-30)44(42,43)31-12-8-5-9-13-31/h4-21,25,32H,3,22-24H2,1-2H3,(H,37,41)/t25-,32+/m1/s1. The molecule has 0 bridgehead atoms. The van der Waals surface area contributed by atoms with Crippen LogP contribution in [-0.2, 0) is 32.6 Å². The molecule has 2 atom stereocenters. The first-order valence-electron chi connectivity index (χ1n) is 14.3. The summed E-state index contributed by atoms with van der Waals surface area (Å²) in [6.45, 7) is 3.29. The number of nitrogens with one attached hydrogen (secondary N) is 1. The summed E-state index contributed by atoms with van der Waals surface area (Å²) >= 11 is 3.44. The van der Waals surface area contributed by atoms with Crippen molar-refractivity contribution in [1.29, 1.82) is 0 Å². The largest absolute Gasteiger partial charge is 0.352 e. The molecule has 0 aliphatic rings. The zero-order valence-corrected chi connectivity index (χ0v) is 27.0. The maximum atomic E-state index is 14.4. The molecule has 2 amide bonds. The van der Waals surface area contributed by atoms with Crippen LogP contribution < -0.4 is 9.62 Å². The minimum Gasteiger partial charge on any atom is -0.352 e. The topological polar surface area (TPSA) is 86.8 Å². The highest BCUT2D eigenvalue weighted by Gasteiger charge is 2.35. The smallest absolute Gasteiger partial charge is 0.264 e. The van der Waals surface area contributed by atoms with Gasteiger partial charge in [-0.3, -0.25) is 13.9 Å². The molecule has 0 unspecified atom stereocenters. The van der Waals surface area contributed by atoms with Gasteiger partial charge in [0.1, 0.15) is 18.4 Å². The van der Waals surface area contributed by atoms with Crippen molar-refractivity contribution >= 4 is 43.5 Å². The van der Waals surface area contributed by atoms with E-state index in [1.807, 2.05) is 68.4 Å². The van der Waals surface area contributed by atoms with Gasteiger partial charge in [-0.25, -0.2) is 12.8 Å². The number of nitrogens with zero attached hydrogens (tertiary/aromatic N) is 2. The molecule has 0 fully saturated rings. The van der Waals surface area contributed by atoms with E-state index >= 15 is 0 Å². The summed E-state index contributed by atoms with van der Waals surface area (Å²) in [5.74, 6) is -1.47. The number of halogens is 2. The van der Waals surface area contributed by atoms with Crippen molar-refractivity contribution in [2.24, 2.45) is 0 Å². The van der Waals surface area contributed by atoms with Gasteiger partial charge in [0.15, 0.2) is 0 Å². The highest BCUT2D eigenvalue weighted by atomic mass is 79.9. The van der Waals surface area contributed by atoms with Crippen LogP contribution >= 0.6 is 15.9 Å². The van der Waals surface area contributed by atoms with Gasteiger partial charge in [0.25, 0.3) is 10.0 Å². The number of carbonyl (C=O) groups excluding carboxylic acids is 2. The monoisotopic (exact) mass is 679 g/mol. The predicted octanol–water partition coefficient (Wildman–Crippen LogP) is 6.34. The first-order chi connectivity index (χ1) is 21.1. The van der Waals surface area contributed by atoms with Gasteiger partial charge in [0.05, 0.1) is 10.6 Å². The lowest BCUT2D eigenvalue weighted by atomic mass is 10.0. The van der Waals surface area contributed by atoms with Gasteiger partial charge in [-0.2, -0.15) is 0 Å². The second-order valence-corrected chi connectivity index (χ2v) is 13.3. The van der Waals surface area contributed by atoms with Crippen LogP contribution in [0.2, 0.25) is 0 Å². The molecule has 230 valence electrons. The number of carbonyl (C=O) groups is 2. The fourth-order valence-corrected chi connectivity index (χ4v) is 6.34. The van der Waals surface area contributed by atoms with Crippen LogP contribution in [0.1, 0.15) is 31.4 Å². The van der Waals surface area contributed by atoms with Gasteiger partial charge in [-0.1, -0.05) is 83.5 Å². The molecule has 0 spiro atoms. The van der Waals surface area contributed by atoms with Crippen LogP contribution in [0.3, 0.4) is 0 Å². The summed E-state index contributed by atoms with van der Waals surface area (Å²) in [6.07, 6.45) is 0.908. The van der Waals surface area contributed by atoms with E-state index in [1.165, 1.54) is 29.2 Å². The number of sulfonamides is 1. The summed E-state index contributed by atoms with van der Waals surface area (Å²) in [6, 6.07) is 28.3. The molecule has 44 heavy (non-hydrogen) atoms. The maximum absolute atomic E-state index is 14.4. The van der Waals surface area contributed by atoms with Gasteiger partial charge >= 0.3 is 0 Å². The van der Waals surface area contributed by atoms with Gasteiger partial charge in [-0.05, 0) is 73.0 Å². The van der Waals surface area contributed by atoms with Crippen LogP contribution in [-0.4, -0.2) is 43.8 Å². The zero-order chi connectivity index (χ0) is 31.7. The molecule has 0 aliphatic carbocycles. The quantitative estimate of drug-likeness (QED) is 0.179. The number of rotatable bonds is 13. The van der Waals surface area contributed by atoms with E-state index in [-0.39, 0.29) is 35.5 Å². The number of benzene rings is 4. The fourth-order valence-electron chi connectivity index (χ4n) is 4.64.